The molecule has 0 aromatic heterocycles. The summed E-state index contributed by atoms with van der Waals surface area (Å²) in [5.74, 6) is -1.21. The molecule has 1 aliphatic rings. The van der Waals surface area contributed by atoms with Crippen molar-refractivity contribution in [1.29, 1.82) is 0 Å². The summed E-state index contributed by atoms with van der Waals surface area (Å²) in [5, 5.41) is 8.96. The van der Waals surface area contributed by atoms with E-state index < -0.39 is 16.0 Å². The van der Waals surface area contributed by atoms with E-state index >= 15 is 0 Å². The van der Waals surface area contributed by atoms with Gasteiger partial charge in [0.15, 0.2) is 0 Å². The van der Waals surface area contributed by atoms with Crippen molar-refractivity contribution in [3.63, 3.8) is 0 Å². The van der Waals surface area contributed by atoms with Crippen molar-refractivity contribution in [1.82, 2.24) is 9.21 Å². The first-order valence-electron chi connectivity index (χ1n) is 6.87. The fraction of sp³-hybridized carbons (Fsp3) is 0.500. The first kappa shape index (κ1) is 15.9. The number of carboxylic acid groups (broad SMARTS) is 1. The van der Waals surface area contributed by atoms with E-state index in [0.29, 0.717) is 25.2 Å². The number of carboxylic acids is 1. The Morgan fingerprint density at radius 3 is 2.71 bits per heavy atom. The molecular formula is C14H20N2O4S. The Bertz CT molecular complexity index is 615. The highest BCUT2D eigenvalue weighted by Crippen LogP contribution is 2.15. The highest BCUT2D eigenvalue weighted by molar-refractivity contribution is 7.88. The molecule has 1 heterocycles. The van der Waals surface area contributed by atoms with Gasteiger partial charge in [-0.2, -0.15) is 0 Å². The van der Waals surface area contributed by atoms with Crippen LogP contribution in [0.3, 0.4) is 0 Å². The Morgan fingerprint density at radius 2 is 2.00 bits per heavy atom. The summed E-state index contributed by atoms with van der Waals surface area (Å²) in [7, 11) is -1.43. The second-order valence-electron chi connectivity index (χ2n) is 5.32. The second-order valence-corrected chi connectivity index (χ2v) is 7.29. The van der Waals surface area contributed by atoms with Crippen LogP contribution in [0, 0.1) is 0 Å². The highest BCUT2D eigenvalue weighted by atomic mass is 32.2. The molecule has 1 saturated heterocycles. The van der Waals surface area contributed by atoms with E-state index in [1.807, 2.05) is 7.05 Å². The molecule has 0 bridgehead atoms. The van der Waals surface area contributed by atoms with Crippen molar-refractivity contribution in [2.45, 2.75) is 12.2 Å². The third-order valence-electron chi connectivity index (χ3n) is 3.59. The van der Waals surface area contributed by atoms with E-state index in [0.717, 1.165) is 13.0 Å². The lowest BCUT2D eigenvalue weighted by Crippen LogP contribution is -2.35. The zero-order valence-electron chi connectivity index (χ0n) is 12.0. The minimum absolute atomic E-state index is 0.110. The molecule has 1 aliphatic heterocycles. The van der Waals surface area contributed by atoms with Crippen molar-refractivity contribution in [2.24, 2.45) is 0 Å². The molecule has 116 valence electrons. The molecule has 0 radical (unpaired) electrons. The van der Waals surface area contributed by atoms with E-state index in [4.69, 9.17) is 5.11 Å². The molecular weight excluding hydrogens is 292 g/mol. The van der Waals surface area contributed by atoms with Gasteiger partial charge < -0.3 is 10.0 Å². The molecule has 1 N–H and O–H groups in total. The van der Waals surface area contributed by atoms with Gasteiger partial charge in [0, 0.05) is 19.6 Å². The summed E-state index contributed by atoms with van der Waals surface area (Å²) >= 11 is 0. The number of rotatable bonds is 4. The predicted molar refractivity (Wildman–Crippen MR) is 79.7 cm³/mol. The van der Waals surface area contributed by atoms with Crippen LogP contribution < -0.4 is 0 Å². The number of likely N-dealkylation sites (N-methyl/N-ethyl adjacent to an activating group) is 1. The summed E-state index contributed by atoms with van der Waals surface area (Å²) in [4.78, 5) is 13.0. The summed E-state index contributed by atoms with van der Waals surface area (Å²) in [6.45, 7) is 2.61. The average Bonchev–Trinajstić information content (AvgIpc) is 2.64. The normalized spacial score (nSPS) is 18.3. The molecule has 1 aromatic carbocycles. The first-order valence-corrected chi connectivity index (χ1v) is 8.48. The molecule has 21 heavy (non-hydrogen) atoms. The van der Waals surface area contributed by atoms with E-state index in [1.54, 1.807) is 12.1 Å². The molecule has 0 saturated carbocycles. The standard InChI is InChI=1S/C14H20N2O4S/c1-15-6-3-7-16(9-8-15)21(19,20)11-12-4-2-5-13(10-12)14(17)18/h2,4-5,10H,3,6-9,11H2,1H3,(H,17,18). The number of carbonyl (C=O) groups is 1. The van der Waals surface area contributed by atoms with Crippen molar-refractivity contribution < 1.29 is 18.3 Å². The van der Waals surface area contributed by atoms with Crippen LogP contribution in [0.2, 0.25) is 0 Å². The molecule has 6 nitrogen and oxygen atoms in total. The van der Waals surface area contributed by atoms with Crippen LogP contribution in [0.5, 0.6) is 0 Å². The zero-order valence-corrected chi connectivity index (χ0v) is 12.8. The van der Waals surface area contributed by atoms with Crippen LogP contribution in [-0.4, -0.2) is 61.9 Å². The largest absolute Gasteiger partial charge is 0.478 e. The van der Waals surface area contributed by atoms with Crippen molar-refractivity contribution in [2.75, 3.05) is 33.2 Å². The SMILES string of the molecule is CN1CCCN(S(=O)(=O)Cc2cccc(C(=O)O)c2)CC1. The topological polar surface area (TPSA) is 77.9 Å². The van der Waals surface area contributed by atoms with E-state index in [-0.39, 0.29) is 11.3 Å². The van der Waals surface area contributed by atoms with Crippen LogP contribution in [0.1, 0.15) is 22.3 Å². The Morgan fingerprint density at radius 1 is 1.24 bits per heavy atom. The second kappa shape index (κ2) is 6.55. The number of benzene rings is 1. The van der Waals surface area contributed by atoms with Crippen LogP contribution >= 0.6 is 0 Å². The molecule has 7 heteroatoms. The maximum absolute atomic E-state index is 12.5. The summed E-state index contributed by atoms with van der Waals surface area (Å²) < 4.78 is 26.4. The molecule has 0 aliphatic carbocycles. The van der Waals surface area contributed by atoms with Gasteiger partial charge in [-0.1, -0.05) is 12.1 Å². The van der Waals surface area contributed by atoms with Crippen molar-refractivity contribution in [3.05, 3.63) is 35.4 Å². The van der Waals surface area contributed by atoms with Crippen LogP contribution in [0.15, 0.2) is 24.3 Å². The fourth-order valence-electron chi connectivity index (χ4n) is 2.40. The van der Waals surface area contributed by atoms with Crippen molar-refractivity contribution in [3.8, 4) is 0 Å². The maximum atomic E-state index is 12.5. The van der Waals surface area contributed by atoms with E-state index in [9.17, 15) is 13.2 Å². The van der Waals surface area contributed by atoms with Gasteiger partial charge in [0.25, 0.3) is 0 Å². The Kier molecular flexibility index (Phi) is 4.97. The predicted octanol–water partition coefficient (Wildman–Crippen LogP) is 0.852. The van der Waals surface area contributed by atoms with Crippen LogP contribution in [0.4, 0.5) is 0 Å². The Balaban J connectivity index is 2.13. The van der Waals surface area contributed by atoms with Gasteiger partial charge in [-0.3, -0.25) is 0 Å². The lowest BCUT2D eigenvalue weighted by atomic mass is 10.1. The molecule has 0 amide bonds. The molecule has 1 aromatic rings. The van der Waals surface area contributed by atoms with Crippen LogP contribution in [0.25, 0.3) is 0 Å². The Labute approximate surface area is 125 Å². The Hall–Kier alpha value is -1.44. The van der Waals surface area contributed by atoms with Gasteiger partial charge in [-0.15, -0.1) is 0 Å². The minimum atomic E-state index is -3.41. The summed E-state index contributed by atoms with van der Waals surface area (Å²) in [6.07, 6.45) is 0.810. The number of hydrogen-bond acceptors (Lipinski definition) is 4. The summed E-state index contributed by atoms with van der Waals surface area (Å²) in [6, 6.07) is 6.10. The first-order chi connectivity index (χ1) is 9.88. The monoisotopic (exact) mass is 312 g/mol. The number of hydrogen-bond donors (Lipinski definition) is 1. The zero-order chi connectivity index (χ0) is 15.5. The lowest BCUT2D eigenvalue weighted by molar-refractivity contribution is 0.0696. The highest BCUT2D eigenvalue weighted by Gasteiger charge is 2.24. The smallest absolute Gasteiger partial charge is 0.335 e. The van der Waals surface area contributed by atoms with Gasteiger partial charge in [0.2, 0.25) is 10.0 Å². The van der Waals surface area contributed by atoms with Gasteiger partial charge in [-0.05, 0) is 37.7 Å². The third-order valence-corrected chi connectivity index (χ3v) is 5.44. The fourth-order valence-corrected chi connectivity index (χ4v) is 3.95. The quantitative estimate of drug-likeness (QED) is 0.892. The third kappa shape index (κ3) is 4.26. The lowest BCUT2D eigenvalue weighted by Gasteiger charge is -2.20. The van der Waals surface area contributed by atoms with E-state index in [2.05, 4.69) is 4.90 Å². The van der Waals surface area contributed by atoms with Gasteiger partial charge in [-0.25, -0.2) is 17.5 Å². The number of aromatic carboxylic acids is 1. The van der Waals surface area contributed by atoms with Gasteiger partial charge in [0.05, 0.1) is 11.3 Å². The van der Waals surface area contributed by atoms with Gasteiger partial charge >= 0.3 is 5.97 Å². The van der Waals surface area contributed by atoms with Crippen LogP contribution in [-0.2, 0) is 15.8 Å². The van der Waals surface area contributed by atoms with Crippen molar-refractivity contribution >= 4 is 16.0 Å². The maximum Gasteiger partial charge on any atom is 0.335 e. The summed E-state index contributed by atoms with van der Waals surface area (Å²) in [5.41, 5.74) is 0.616. The van der Waals surface area contributed by atoms with E-state index in [1.165, 1.54) is 16.4 Å². The molecule has 0 unspecified atom stereocenters. The average molecular weight is 312 g/mol. The number of nitrogens with zero attached hydrogens (tertiary/aromatic N) is 2. The van der Waals surface area contributed by atoms with Gasteiger partial charge in [0.1, 0.15) is 0 Å². The molecule has 0 atom stereocenters. The molecule has 1 fully saturated rings. The number of sulfonamides is 1. The minimum Gasteiger partial charge on any atom is -0.478 e. The molecule has 2 rings (SSSR count). The molecule has 0 spiro atoms.